The number of hydrogen-bond donors (Lipinski definition) is 1. The summed E-state index contributed by atoms with van der Waals surface area (Å²) in [6, 6.07) is 0.394. The van der Waals surface area contributed by atoms with Crippen molar-refractivity contribution in [3.63, 3.8) is 0 Å². The summed E-state index contributed by atoms with van der Waals surface area (Å²) in [5, 5.41) is 3.53. The summed E-state index contributed by atoms with van der Waals surface area (Å²) in [6.45, 7) is 7.70. The van der Waals surface area contributed by atoms with Crippen molar-refractivity contribution in [2.75, 3.05) is 32.2 Å². The molecule has 2 unspecified atom stereocenters. The SMILES string of the molecule is COCCCn1cc(C)nc1NC(C)C1CCOC1. The predicted octanol–water partition coefficient (Wildman–Crippen LogP) is 2.06. The minimum absolute atomic E-state index is 0.394. The molecule has 2 rings (SSSR count). The Kier molecular flexibility index (Phi) is 5.22. The van der Waals surface area contributed by atoms with Crippen molar-refractivity contribution in [2.24, 2.45) is 5.92 Å². The van der Waals surface area contributed by atoms with E-state index in [1.54, 1.807) is 7.11 Å². The molecule has 19 heavy (non-hydrogen) atoms. The third kappa shape index (κ3) is 3.94. The number of anilines is 1. The van der Waals surface area contributed by atoms with E-state index < -0.39 is 0 Å². The number of nitrogens with zero attached hydrogens (tertiary/aromatic N) is 2. The highest BCUT2D eigenvalue weighted by molar-refractivity contribution is 5.30. The second-order valence-corrected chi connectivity index (χ2v) is 5.30. The highest BCUT2D eigenvalue weighted by atomic mass is 16.5. The Labute approximate surface area is 115 Å². The molecule has 1 aromatic heterocycles. The van der Waals surface area contributed by atoms with E-state index in [-0.39, 0.29) is 0 Å². The molecule has 2 heterocycles. The number of nitrogens with one attached hydrogen (secondary N) is 1. The van der Waals surface area contributed by atoms with Gasteiger partial charge in [-0.2, -0.15) is 0 Å². The van der Waals surface area contributed by atoms with Gasteiger partial charge in [-0.05, 0) is 26.7 Å². The summed E-state index contributed by atoms with van der Waals surface area (Å²) in [6.07, 6.45) is 4.23. The van der Waals surface area contributed by atoms with Crippen LogP contribution in [0.5, 0.6) is 0 Å². The van der Waals surface area contributed by atoms with Gasteiger partial charge < -0.3 is 19.4 Å². The lowest BCUT2D eigenvalue weighted by molar-refractivity contribution is 0.183. The molecule has 2 atom stereocenters. The van der Waals surface area contributed by atoms with Crippen molar-refractivity contribution in [3.05, 3.63) is 11.9 Å². The molecule has 0 aliphatic carbocycles. The molecule has 0 aromatic carbocycles. The summed E-state index contributed by atoms with van der Waals surface area (Å²) in [5.41, 5.74) is 1.05. The Hall–Kier alpha value is -1.07. The average Bonchev–Trinajstić information content (AvgIpc) is 3.00. The van der Waals surface area contributed by atoms with E-state index in [9.17, 15) is 0 Å². The molecule has 1 saturated heterocycles. The molecule has 1 aliphatic rings. The Morgan fingerprint density at radius 1 is 1.63 bits per heavy atom. The van der Waals surface area contributed by atoms with Crippen molar-refractivity contribution in [2.45, 2.75) is 39.3 Å². The van der Waals surface area contributed by atoms with E-state index in [1.807, 2.05) is 6.92 Å². The van der Waals surface area contributed by atoms with Gasteiger partial charge in [-0.3, -0.25) is 0 Å². The van der Waals surface area contributed by atoms with Crippen LogP contribution in [-0.2, 0) is 16.0 Å². The Bertz CT molecular complexity index is 386. The van der Waals surface area contributed by atoms with Gasteiger partial charge in [-0.1, -0.05) is 0 Å². The zero-order chi connectivity index (χ0) is 13.7. The largest absolute Gasteiger partial charge is 0.385 e. The normalized spacial score (nSPS) is 20.7. The smallest absolute Gasteiger partial charge is 0.203 e. The van der Waals surface area contributed by atoms with Crippen LogP contribution >= 0.6 is 0 Å². The number of methoxy groups -OCH3 is 1. The van der Waals surface area contributed by atoms with Gasteiger partial charge in [0.25, 0.3) is 0 Å². The molecule has 1 aromatic rings. The Morgan fingerprint density at radius 2 is 2.47 bits per heavy atom. The fraction of sp³-hybridized carbons (Fsp3) is 0.786. The summed E-state index contributed by atoms with van der Waals surface area (Å²) in [4.78, 5) is 4.57. The quantitative estimate of drug-likeness (QED) is 0.768. The van der Waals surface area contributed by atoms with Crippen LogP contribution in [0.1, 0.15) is 25.5 Å². The number of aromatic nitrogens is 2. The molecule has 0 spiro atoms. The van der Waals surface area contributed by atoms with E-state index in [0.717, 1.165) is 50.8 Å². The van der Waals surface area contributed by atoms with Crippen molar-refractivity contribution in [1.29, 1.82) is 0 Å². The molecule has 5 heteroatoms. The maximum Gasteiger partial charge on any atom is 0.203 e. The van der Waals surface area contributed by atoms with Crippen LogP contribution in [0, 0.1) is 12.8 Å². The molecular formula is C14H25N3O2. The molecule has 1 N–H and O–H groups in total. The van der Waals surface area contributed by atoms with Crippen LogP contribution in [0.2, 0.25) is 0 Å². The molecule has 0 radical (unpaired) electrons. The highest BCUT2D eigenvalue weighted by Crippen LogP contribution is 2.20. The first-order chi connectivity index (χ1) is 9.20. The second-order valence-electron chi connectivity index (χ2n) is 5.30. The third-order valence-corrected chi connectivity index (χ3v) is 3.67. The lowest BCUT2D eigenvalue weighted by atomic mass is 10.0. The van der Waals surface area contributed by atoms with Gasteiger partial charge in [0.2, 0.25) is 5.95 Å². The van der Waals surface area contributed by atoms with Crippen LogP contribution in [-0.4, -0.2) is 42.5 Å². The van der Waals surface area contributed by atoms with Crippen LogP contribution < -0.4 is 5.32 Å². The first kappa shape index (κ1) is 14.3. The zero-order valence-electron chi connectivity index (χ0n) is 12.2. The maximum atomic E-state index is 5.45. The standard InChI is InChI=1S/C14H25N3O2/c1-11-9-17(6-4-7-18-3)14(15-11)16-12(2)13-5-8-19-10-13/h9,12-13H,4-8,10H2,1-3H3,(H,15,16). The number of aryl methyl sites for hydroxylation is 2. The molecule has 108 valence electrons. The number of imidazole rings is 1. The van der Waals surface area contributed by atoms with Gasteiger partial charge in [0.15, 0.2) is 0 Å². The van der Waals surface area contributed by atoms with Crippen LogP contribution in [0.3, 0.4) is 0 Å². The number of rotatable bonds is 7. The van der Waals surface area contributed by atoms with Gasteiger partial charge in [0.1, 0.15) is 0 Å². The molecule has 0 bridgehead atoms. The van der Waals surface area contributed by atoms with Gasteiger partial charge in [-0.15, -0.1) is 0 Å². The first-order valence-corrected chi connectivity index (χ1v) is 7.07. The van der Waals surface area contributed by atoms with Crippen LogP contribution in [0.25, 0.3) is 0 Å². The van der Waals surface area contributed by atoms with Gasteiger partial charge in [-0.25, -0.2) is 4.98 Å². The molecule has 0 amide bonds. The summed E-state index contributed by atoms with van der Waals surface area (Å²) < 4.78 is 12.7. The van der Waals surface area contributed by atoms with Crippen LogP contribution in [0.4, 0.5) is 5.95 Å². The molecule has 0 saturated carbocycles. The minimum atomic E-state index is 0.394. The van der Waals surface area contributed by atoms with Crippen molar-refractivity contribution in [1.82, 2.24) is 9.55 Å². The van der Waals surface area contributed by atoms with E-state index in [1.165, 1.54) is 0 Å². The van der Waals surface area contributed by atoms with Crippen molar-refractivity contribution in [3.8, 4) is 0 Å². The second kappa shape index (κ2) is 6.91. The summed E-state index contributed by atoms with van der Waals surface area (Å²) >= 11 is 0. The zero-order valence-corrected chi connectivity index (χ0v) is 12.2. The molecule has 1 fully saturated rings. The predicted molar refractivity (Wildman–Crippen MR) is 75.5 cm³/mol. The fourth-order valence-corrected chi connectivity index (χ4v) is 2.48. The lowest BCUT2D eigenvalue weighted by Gasteiger charge is -2.20. The van der Waals surface area contributed by atoms with E-state index in [0.29, 0.717) is 12.0 Å². The van der Waals surface area contributed by atoms with Crippen LogP contribution in [0.15, 0.2) is 6.20 Å². The molecule has 1 aliphatic heterocycles. The number of hydrogen-bond acceptors (Lipinski definition) is 4. The maximum absolute atomic E-state index is 5.45. The van der Waals surface area contributed by atoms with Gasteiger partial charge >= 0.3 is 0 Å². The summed E-state index contributed by atoms with van der Waals surface area (Å²) in [5.74, 6) is 1.55. The Balaban J connectivity index is 1.94. The molecular weight excluding hydrogens is 242 g/mol. The third-order valence-electron chi connectivity index (χ3n) is 3.67. The summed E-state index contributed by atoms with van der Waals surface area (Å²) in [7, 11) is 1.74. The topological polar surface area (TPSA) is 48.3 Å². The van der Waals surface area contributed by atoms with Crippen molar-refractivity contribution < 1.29 is 9.47 Å². The fourth-order valence-electron chi connectivity index (χ4n) is 2.48. The van der Waals surface area contributed by atoms with E-state index in [2.05, 4.69) is 28.0 Å². The monoisotopic (exact) mass is 267 g/mol. The molecule has 5 nitrogen and oxygen atoms in total. The Morgan fingerprint density at radius 3 is 3.16 bits per heavy atom. The van der Waals surface area contributed by atoms with Gasteiger partial charge in [0, 0.05) is 45.0 Å². The first-order valence-electron chi connectivity index (χ1n) is 7.07. The number of ether oxygens (including phenoxy) is 2. The average molecular weight is 267 g/mol. The van der Waals surface area contributed by atoms with E-state index >= 15 is 0 Å². The van der Waals surface area contributed by atoms with Crippen molar-refractivity contribution >= 4 is 5.95 Å². The highest BCUT2D eigenvalue weighted by Gasteiger charge is 2.23. The minimum Gasteiger partial charge on any atom is -0.385 e. The van der Waals surface area contributed by atoms with E-state index in [4.69, 9.17) is 9.47 Å². The van der Waals surface area contributed by atoms with Gasteiger partial charge in [0.05, 0.1) is 12.3 Å². The lowest BCUT2D eigenvalue weighted by Crippen LogP contribution is -2.27.